The van der Waals surface area contributed by atoms with Gasteiger partial charge in [0, 0.05) is 22.4 Å². The minimum absolute atomic E-state index is 0.101. The van der Waals surface area contributed by atoms with Crippen LogP contribution in [0.15, 0.2) is 78.9 Å². The lowest BCUT2D eigenvalue weighted by molar-refractivity contribution is 0.0974. The fourth-order valence-corrected chi connectivity index (χ4v) is 4.12. The molecule has 5 rings (SSSR count). The van der Waals surface area contributed by atoms with Crippen LogP contribution in [-0.4, -0.2) is 27.6 Å². The van der Waals surface area contributed by atoms with Gasteiger partial charge in [-0.1, -0.05) is 42.0 Å². The van der Waals surface area contributed by atoms with Gasteiger partial charge in [0.15, 0.2) is 17.3 Å². The molecule has 3 N–H and O–H groups in total. The second-order valence-electron chi connectivity index (χ2n) is 8.14. The summed E-state index contributed by atoms with van der Waals surface area (Å²) in [6.45, 7) is 1.96. The zero-order valence-electron chi connectivity index (χ0n) is 18.1. The van der Waals surface area contributed by atoms with E-state index in [9.17, 15) is 24.6 Å². The Bertz CT molecular complexity index is 1480. The molecule has 34 heavy (non-hydrogen) atoms. The third-order valence-corrected chi connectivity index (χ3v) is 5.89. The smallest absolute Gasteiger partial charge is 0.200 e. The molecule has 0 amide bonds. The van der Waals surface area contributed by atoms with Gasteiger partial charge in [-0.05, 0) is 49.4 Å². The van der Waals surface area contributed by atoms with Crippen LogP contribution in [0.4, 0.5) is 11.4 Å². The number of anilines is 2. The molecule has 0 radical (unpaired) electrons. The van der Waals surface area contributed by atoms with Crippen molar-refractivity contribution in [2.75, 3.05) is 5.32 Å². The molecular weight excluding hydrogens is 430 g/mol. The lowest BCUT2D eigenvalue weighted by Crippen LogP contribution is -2.22. The highest BCUT2D eigenvalue weighted by molar-refractivity contribution is 6.32. The van der Waals surface area contributed by atoms with Crippen molar-refractivity contribution in [3.8, 4) is 11.5 Å². The average Bonchev–Trinajstić information content (AvgIpc) is 2.84. The van der Waals surface area contributed by atoms with Crippen LogP contribution in [0.3, 0.4) is 0 Å². The Hall–Kier alpha value is -4.71. The van der Waals surface area contributed by atoms with Gasteiger partial charge < -0.3 is 15.5 Å². The Morgan fingerprint density at radius 1 is 0.676 bits per heavy atom. The molecule has 0 saturated carbocycles. The SMILES string of the molecule is Cc1ccc(C(=O)c2ccc(Nc3cccc4c3C(=O)c3c(O)ccc(O)c3C4=O)cc2)cc1. The Kier molecular flexibility index (Phi) is 4.98. The largest absolute Gasteiger partial charge is 0.507 e. The van der Waals surface area contributed by atoms with Gasteiger partial charge in [-0.3, -0.25) is 14.4 Å². The van der Waals surface area contributed by atoms with E-state index < -0.39 is 11.6 Å². The lowest BCUT2D eigenvalue weighted by atomic mass is 9.82. The number of rotatable bonds is 4. The zero-order valence-corrected chi connectivity index (χ0v) is 18.1. The minimum Gasteiger partial charge on any atom is -0.507 e. The summed E-state index contributed by atoms with van der Waals surface area (Å²) in [6, 6.07) is 21.3. The number of carbonyl (C=O) groups excluding carboxylic acids is 3. The number of ketones is 3. The first-order valence-corrected chi connectivity index (χ1v) is 10.6. The molecule has 0 atom stereocenters. The number of hydrogen-bond donors (Lipinski definition) is 3. The molecule has 0 bridgehead atoms. The van der Waals surface area contributed by atoms with E-state index in [2.05, 4.69) is 5.32 Å². The molecule has 6 heteroatoms. The number of carbonyl (C=O) groups is 3. The quantitative estimate of drug-likeness (QED) is 0.259. The maximum atomic E-state index is 13.3. The summed E-state index contributed by atoms with van der Waals surface area (Å²) in [4.78, 5) is 39.0. The van der Waals surface area contributed by atoms with Crippen LogP contribution < -0.4 is 5.32 Å². The lowest BCUT2D eigenvalue weighted by Gasteiger charge is -2.22. The minimum atomic E-state index is -0.563. The van der Waals surface area contributed by atoms with Crippen LogP contribution in [-0.2, 0) is 0 Å². The zero-order chi connectivity index (χ0) is 24.0. The Morgan fingerprint density at radius 2 is 1.24 bits per heavy atom. The van der Waals surface area contributed by atoms with Crippen LogP contribution >= 0.6 is 0 Å². The number of hydrogen-bond acceptors (Lipinski definition) is 6. The monoisotopic (exact) mass is 449 g/mol. The predicted molar refractivity (Wildman–Crippen MR) is 127 cm³/mol. The predicted octanol–water partition coefficient (Wildman–Crippen LogP) is 5.16. The summed E-state index contributed by atoms with van der Waals surface area (Å²) in [5, 5.41) is 23.5. The molecule has 4 aromatic rings. The number of phenols is 2. The third-order valence-electron chi connectivity index (χ3n) is 5.89. The maximum Gasteiger partial charge on any atom is 0.200 e. The van der Waals surface area contributed by atoms with Crippen molar-refractivity contribution in [3.05, 3.63) is 118 Å². The molecule has 0 spiro atoms. The van der Waals surface area contributed by atoms with Crippen LogP contribution in [0.1, 0.15) is 53.3 Å². The van der Waals surface area contributed by atoms with Crippen molar-refractivity contribution in [1.82, 2.24) is 0 Å². The maximum absolute atomic E-state index is 13.3. The van der Waals surface area contributed by atoms with Crippen molar-refractivity contribution in [2.45, 2.75) is 6.92 Å². The van der Waals surface area contributed by atoms with Crippen LogP contribution in [0.25, 0.3) is 0 Å². The van der Waals surface area contributed by atoms with E-state index in [4.69, 9.17) is 0 Å². The summed E-state index contributed by atoms with van der Waals surface area (Å²) in [5.41, 5.74) is 3.00. The topological polar surface area (TPSA) is 104 Å². The van der Waals surface area contributed by atoms with Crippen molar-refractivity contribution >= 4 is 28.7 Å². The summed E-state index contributed by atoms with van der Waals surface area (Å²) in [5.74, 6) is -1.93. The van der Waals surface area contributed by atoms with E-state index in [0.29, 0.717) is 22.5 Å². The molecule has 0 fully saturated rings. The Morgan fingerprint density at radius 3 is 1.85 bits per heavy atom. The van der Waals surface area contributed by atoms with E-state index >= 15 is 0 Å². The third kappa shape index (κ3) is 3.42. The van der Waals surface area contributed by atoms with E-state index in [0.717, 1.165) is 5.56 Å². The normalized spacial score (nSPS) is 12.1. The molecule has 0 heterocycles. The molecule has 166 valence electrons. The van der Waals surface area contributed by atoms with E-state index in [1.54, 1.807) is 48.5 Å². The molecule has 6 nitrogen and oxygen atoms in total. The van der Waals surface area contributed by atoms with Crippen molar-refractivity contribution in [2.24, 2.45) is 0 Å². The fourth-order valence-electron chi connectivity index (χ4n) is 4.12. The van der Waals surface area contributed by atoms with Gasteiger partial charge in [0.05, 0.1) is 22.4 Å². The molecule has 0 saturated heterocycles. The van der Waals surface area contributed by atoms with Gasteiger partial charge in [-0.2, -0.15) is 0 Å². The molecule has 1 aliphatic carbocycles. The van der Waals surface area contributed by atoms with Gasteiger partial charge in [-0.25, -0.2) is 0 Å². The van der Waals surface area contributed by atoms with Gasteiger partial charge >= 0.3 is 0 Å². The first-order valence-electron chi connectivity index (χ1n) is 10.6. The van der Waals surface area contributed by atoms with E-state index in [1.807, 2.05) is 19.1 Å². The number of fused-ring (bicyclic) bond motifs is 2. The van der Waals surface area contributed by atoms with Crippen LogP contribution in [0.2, 0.25) is 0 Å². The highest BCUT2D eigenvalue weighted by Gasteiger charge is 2.36. The summed E-state index contributed by atoms with van der Waals surface area (Å²) >= 11 is 0. The molecule has 4 aromatic carbocycles. The second kappa shape index (κ2) is 8.01. The number of nitrogens with one attached hydrogen (secondary N) is 1. The summed E-state index contributed by atoms with van der Waals surface area (Å²) in [6.07, 6.45) is 0. The molecule has 0 unspecified atom stereocenters. The molecule has 0 aliphatic heterocycles. The highest BCUT2D eigenvalue weighted by Crippen LogP contribution is 2.40. The number of phenolic OH excluding ortho intramolecular Hbond substituents is 2. The fraction of sp³-hybridized carbons (Fsp3) is 0.0357. The van der Waals surface area contributed by atoms with Gasteiger partial charge in [0.25, 0.3) is 0 Å². The molecule has 1 aliphatic rings. The van der Waals surface area contributed by atoms with Gasteiger partial charge in [0.2, 0.25) is 0 Å². The second-order valence-corrected chi connectivity index (χ2v) is 8.14. The number of aryl methyl sites for hydroxylation is 1. The highest BCUT2D eigenvalue weighted by atomic mass is 16.3. The Labute approximate surface area is 195 Å². The standard InChI is InChI=1S/C28H19NO5/c1-15-5-7-16(8-6-15)26(32)17-9-11-18(12-10-17)29-20-4-2-3-19-23(20)28(34)25-22(31)14-13-21(30)24(25)27(19)33/h2-14,29-31H,1H3. The van der Waals surface area contributed by atoms with Crippen molar-refractivity contribution in [1.29, 1.82) is 0 Å². The van der Waals surface area contributed by atoms with Crippen molar-refractivity contribution in [3.63, 3.8) is 0 Å². The summed E-state index contributed by atoms with van der Waals surface area (Å²) < 4.78 is 0. The molecular formula is C28H19NO5. The van der Waals surface area contributed by atoms with Crippen molar-refractivity contribution < 1.29 is 24.6 Å². The number of benzene rings is 4. The van der Waals surface area contributed by atoms with Crippen LogP contribution in [0.5, 0.6) is 11.5 Å². The van der Waals surface area contributed by atoms with E-state index in [1.165, 1.54) is 18.2 Å². The van der Waals surface area contributed by atoms with Gasteiger partial charge in [-0.15, -0.1) is 0 Å². The molecule has 0 aromatic heterocycles. The van der Waals surface area contributed by atoms with E-state index in [-0.39, 0.29) is 39.5 Å². The Balaban J connectivity index is 1.47. The van der Waals surface area contributed by atoms with Crippen LogP contribution in [0, 0.1) is 6.92 Å². The summed E-state index contributed by atoms with van der Waals surface area (Å²) in [7, 11) is 0. The number of aromatic hydroxyl groups is 2. The van der Waals surface area contributed by atoms with Gasteiger partial charge in [0.1, 0.15) is 11.5 Å². The first-order chi connectivity index (χ1) is 16.3. The average molecular weight is 449 g/mol. The first kappa shape index (κ1) is 21.2.